The minimum atomic E-state index is 0.236. The van der Waals surface area contributed by atoms with Crippen LogP contribution in [-0.4, -0.2) is 19.6 Å². The van der Waals surface area contributed by atoms with Gasteiger partial charge in [0.1, 0.15) is 0 Å². The molecule has 0 saturated heterocycles. The highest BCUT2D eigenvalue weighted by Crippen LogP contribution is 2.26. The van der Waals surface area contributed by atoms with Gasteiger partial charge in [0.15, 0.2) is 0 Å². The largest absolute Gasteiger partial charge is 0.330 e. The summed E-state index contributed by atoms with van der Waals surface area (Å²) in [6.07, 6.45) is 1.16. The van der Waals surface area contributed by atoms with E-state index in [4.69, 9.17) is 5.73 Å². The Labute approximate surface area is 103 Å². The lowest BCUT2D eigenvalue weighted by Gasteiger charge is -2.24. The van der Waals surface area contributed by atoms with Gasteiger partial charge in [0, 0.05) is 16.8 Å². The van der Waals surface area contributed by atoms with E-state index in [1.54, 1.807) is 0 Å². The summed E-state index contributed by atoms with van der Waals surface area (Å²) < 4.78 is 0. The second-order valence-corrected chi connectivity index (χ2v) is 6.12. The molecule has 0 aliphatic carbocycles. The van der Waals surface area contributed by atoms with Crippen LogP contribution >= 0.6 is 11.3 Å². The number of thiophene rings is 1. The second-order valence-electron chi connectivity index (χ2n) is 5.17. The van der Waals surface area contributed by atoms with Crippen molar-refractivity contribution in [3.8, 4) is 0 Å². The molecular weight excluding hydrogens is 216 g/mol. The monoisotopic (exact) mass is 240 g/mol. The van der Waals surface area contributed by atoms with Crippen LogP contribution in [-0.2, 0) is 5.41 Å². The molecule has 0 aliphatic rings. The maximum atomic E-state index is 5.59. The van der Waals surface area contributed by atoms with Crippen molar-refractivity contribution in [2.75, 3.05) is 19.6 Å². The molecule has 1 unspecified atom stereocenters. The van der Waals surface area contributed by atoms with Crippen molar-refractivity contribution in [1.29, 1.82) is 0 Å². The number of rotatable bonds is 7. The zero-order valence-corrected chi connectivity index (χ0v) is 11.4. The lowest BCUT2D eigenvalue weighted by Crippen LogP contribution is -2.33. The van der Waals surface area contributed by atoms with E-state index < -0.39 is 0 Å². The molecule has 16 heavy (non-hydrogen) atoms. The van der Waals surface area contributed by atoms with Gasteiger partial charge in [-0.15, -0.1) is 11.3 Å². The second kappa shape index (κ2) is 6.38. The Balaban J connectivity index is 2.27. The third-order valence-corrected chi connectivity index (χ3v) is 4.21. The van der Waals surface area contributed by atoms with Gasteiger partial charge in [-0.2, -0.15) is 0 Å². The molecule has 1 rings (SSSR count). The highest BCUT2D eigenvalue weighted by molar-refractivity contribution is 7.10. The van der Waals surface area contributed by atoms with Gasteiger partial charge in [-0.25, -0.2) is 0 Å². The fraction of sp³-hybridized carbons (Fsp3) is 0.692. The van der Waals surface area contributed by atoms with Crippen molar-refractivity contribution < 1.29 is 0 Å². The smallest absolute Gasteiger partial charge is 0.0115 e. The van der Waals surface area contributed by atoms with Gasteiger partial charge in [-0.3, -0.25) is 0 Å². The Kier molecular flexibility index (Phi) is 5.46. The molecular formula is C13H24N2S. The Hall–Kier alpha value is -0.380. The van der Waals surface area contributed by atoms with Gasteiger partial charge >= 0.3 is 0 Å². The number of hydrogen-bond acceptors (Lipinski definition) is 3. The van der Waals surface area contributed by atoms with Crippen LogP contribution in [0.25, 0.3) is 0 Å². The maximum absolute atomic E-state index is 5.59. The van der Waals surface area contributed by atoms with E-state index in [9.17, 15) is 0 Å². The normalized spacial score (nSPS) is 14.0. The summed E-state index contributed by atoms with van der Waals surface area (Å²) in [5.74, 6) is 0.623. The van der Waals surface area contributed by atoms with E-state index in [0.29, 0.717) is 5.92 Å². The molecule has 0 amide bonds. The average molecular weight is 240 g/mol. The molecule has 3 N–H and O–H groups in total. The Morgan fingerprint density at radius 1 is 1.50 bits per heavy atom. The number of nitrogens with two attached hydrogens (primary N) is 1. The molecule has 0 spiro atoms. The molecule has 0 aromatic carbocycles. The molecule has 0 bridgehead atoms. The summed E-state index contributed by atoms with van der Waals surface area (Å²) in [6.45, 7) is 9.66. The van der Waals surface area contributed by atoms with Crippen molar-refractivity contribution in [1.82, 2.24) is 5.32 Å². The van der Waals surface area contributed by atoms with Crippen molar-refractivity contribution in [3.05, 3.63) is 22.4 Å². The summed E-state index contributed by atoms with van der Waals surface area (Å²) in [5, 5.41) is 5.68. The standard InChI is InChI=1S/C13H24N2S/c1-11(9-14)6-7-15-10-13(2,3)12-5-4-8-16-12/h4-5,8,11,15H,6-7,9-10,14H2,1-3H3. The Morgan fingerprint density at radius 3 is 2.81 bits per heavy atom. The zero-order chi connectivity index (χ0) is 12.0. The molecule has 3 heteroatoms. The first-order chi connectivity index (χ1) is 7.56. The van der Waals surface area contributed by atoms with Crippen molar-refractivity contribution in [2.24, 2.45) is 11.7 Å². The molecule has 1 atom stereocenters. The Bertz CT molecular complexity index is 280. The number of hydrogen-bond donors (Lipinski definition) is 2. The minimum Gasteiger partial charge on any atom is -0.330 e. The third-order valence-electron chi connectivity index (χ3n) is 2.97. The first-order valence-corrected chi connectivity index (χ1v) is 6.89. The molecule has 1 heterocycles. The molecule has 0 aliphatic heterocycles. The van der Waals surface area contributed by atoms with Crippen LogP contribution in [0.5, 0.6) is 0 Å². The van der Waals surface area contributed by atoms with Crippen LogP contribution in [0.1, 0.15) is 32.1 Å². The summed E-state index contributed by atoms with van der Waals surface area (Å²) in [4.78, 5) is 1.45. The van der Waals surface area contributed by atoms with Gasteiger partial charge in [0.25, 0.3) is 0 Å². The molecule has 1 aromatic rings. The van der Waals surface area contributed by atoms with Gasteiger partial charge in [0.05, 0.1) is 0 Å². The quantitative estimate of drug-likeness (QED) is 0.719. The zero-order valence-electron chi connectivity index (χ0n) is 10.6. The van der Waals surface area contributed by atoms with Crippen LogP contribution in [0.4, 0.5) is 0 Å². The summed E-state index contributed by atoms with van der Waals surface area (Å²) in [5.41, 5.74) is 5.83. The van der Waals surface area contributed by atoms with Crippen LogP contribution < -0.4 is 11.1 Å². The van der Waals surface area contributed by atoms with E-state index in [1.807, 2.05) is 11.3 Å². The van der Waals surface area contributed by atoms with E-state index in [-0.39, 0.29) is 5.41 Å². The fourth-order valence-corrected chi connectivity index (χ4v) is 2.47. The van der Waals surface area contributed by atoms with Gasteiger partial charge in [0.2, 0.25) is 0 Å². The van der Waals surface area contributed by atoms with Crippen LogP contribution in [0.15, 0.2) is 17.5 Å². The topological polar surface area (TPSA) is 38.0 Å². The van der Waals surface area contributed by atoms with E-state index in [0.717, 1.165) is 26.1 Å². The molecule has 0 saturated carbocycles. The predicted molar refractivity (Wildman–Crippen MR) is 73.1 cm³/mol. The first-order valence-electron chi connectivity index (χ1n) is 6.01. The molecule has 92 valence electrons. The maximum Gasteiger partial charge on any atom is 0.0115 e. The van der Waals surface area contributed by atoms with E-state index >= 15 is 0 Å². The lowest BCUT2D eigenvalue weighted by atomic mass is 9.91. The molecule has 0 fully saturated rings. The fourth-order valence-electron chi connectivity index (χ4n) is 1.62. The molecule has 2 nitrogen and oxygen atoms in total. The Morgan fingerprint density at radius 2 is 2.25 bits per heavy atom. The third kappa shape index (κ3) is 4.24. The SMILES string of the molecule is CC(CN)CCNCC(C)(C)c1cccs1. The summed E-state index contributed by atoms with van der Waals surface area (Å²) in [7, 11) is 0. The summed E-state index contributed by atoms with van der Waals surface area (Å²) >= 11 is 1.84. The van der Waals surface area contributed by atoms with E-state index in [2.05, 4.69) is 43.6 Å². The molecule has 0 radical (unpaired) electrons. The van der Waals surface area contributed by atoms with Gasteiger partial charge in [-0.1, -0.05) is 26.8 Å². The lowest BCUT2D eigenvalue weighted by molar-refractivity contribution is 0.445. The van der Waals surface area contributed by atoms with Crippen LogP contribution in [0, 0.1) is 5.92 Å². The van der Waals surface area contributed by atoms with Crippen molar-refractivity contribution in [3.63, 3.8) is 0 Å². The van der Waals surface area contributed by atoms with Crippen molar-refractivity contribution >= 4 is 11.3 Å². The van der Waals surface area contributed by atoms with Gasteiger partial charge < -0.3 is 11.1 Å². The highest BCUT2D eigenvalue weighted by atomic mass is 32.1. The van der Waals surface area contributed by atoms with Gasteiger partial charge in [-0.05, 0) is 36.9 Å². The minimum absolute atomic E-state index is 0.236. The van der Waals surface area contributed by atoms with Crippen LogP contribution in [0.2, 0.25) is 0 Å². The highest BCUT2D eigenvalue weighted by Gasteiger charge is 2.20. The summed E-state index contributed by atoms with van der Waals surface area (Å²) in [6, 6.07) is 4.34. The predicted octanol–water partition coefficient (Wildman–Crippen LogP) is 2.60. The average Bonchev–Trinajstić information content (AvgIpc) is 2.78. The van der Waals surface area contributed by atoms with Crippen molar-refractivity contribution in [2.45, 2.75) is 32.6 Å². The van der Waals surface area contributed by atoms with E-state index in [1.165, 1.54) is 4.88 Å². The first kappa shape index (κ1) is 13.7. The van der Waals surface area contributed by atoms with Crippen LogP contribution in [0.3, 0.4) is 0 Å². The number of nitrogens with one attached hydrogen (secondary N) is 1. The molecule has 1 aromatic heterocycles.